The summed E-state index contributed by atoms with van der Waals surface area (Å²) in [7, 11) is 0. The average Bonchev–Trinajstić information content (AvgIpc) is 2.53. The van der Waals surface area contributed by atoms with Gasteiger partial charge < -0.3 is 10.0 Å². The van der Waals surface area contributed by atoms with Gasteiger partial charge in [0.15, 0.2) is 0 Å². The van der Waals surface area contributed by atoms with Crippen molar-refractivity contribution in [1.82, 2.24) is 0 Å². The highest BCUT2D eigenvalue weighted by molar-refractivity contribution is 5.90. The number of fused-ring (bicyclic) bond motifs is 1. The van der Waals surface area contributed by atoms with E-state index in [1.807, 2.05) is 29.2 Å². The highest BCUT2D eigenvalue weighted by Crippen LogP contribution is 2.38. The number of rotatable bonds is 3. The summed E-state index contributed by atoms with van der Waals surface area (Å²) >= 11 is 0. The van der Waals surface area contributed by atoms with Gasteiger partial charge in [-0.1, -0.05) is 18.2 Å². The number of nitrogens with zero attached hydrogens (tertiary/aromatic N) is 2. The Hall–Kier alpha value is -2.89. The molecule has 0 amide bonds. The highest BCUT2D eigenvalue weighted by atomic mass is 16.6. The van der Waals surface area contributed by atoms with Crippen molar-refractivity contribution in [2.75, 3.05) is 11.4 Å². The molecule has 6 nitrogen and oxygen atoms in total. The second-order valence-electron chi connectivity index (χ2n) is 5.15. The molecule has 0 bridgehead atoms. The monoisotopic (exact) mass is 298 g/mol. The number of carboxylic acid groups (broad SMARTS) is 1. The Labute approximate surface area is 126 Å². The van der Waals surface area contributed by atoms with Crippen molar-refractivity contribution in [2.24, 2.45) is 0 Å². The number of para-hydroxylation sites is 1. The Morgan fingerprint density at radius 3 is 2.68 bits per heavy atom. The van der Waals surface area contributed by atoms with Crippen LogP contribution in [0.3, 0.4) is 0 Å². The van der Waals surface area contributed by atoms with Crippen LogP contribution < -0.4 is 4.90 Å². The van der Waals surface area contributed by atoms with Crippen LogP contribution in [0.15, 0.2) is 42.5 Å². The Kier molecular flexibility index (Phi) is 3.50. The van der Waals surface area contributed by atoms with E-state index in [-0.39, 0.29) is 11.3 Å². The second kappa shape index (κ2) is 5.48. The summed E-state index contributed by atoms with van der Waals surface area (Å²) in [4.78, 5) is 23.7. The first-order valence-corrected chi connectivity index (χ1v) is 6.95. The summed E-state index contributed by atoms with van der Waals surface area (Å²) in [6.07, 6.45) is 1.84. The maximum absolute atomic E-state index is 11.3. The summed E-state index contributed by atoms with van der Waals surface area (Å²) in [6.45, 7) is 0.671. The maximum atomic E-state index is 11.3. The molecule has 0 fully saturated rings. The van der Waals surface area contributed by atoms with Crippen LogP contribution in [0.4, 0.5) is 17.1 Å². The lowest BCUT2D eigenvalue weighted by molar-refractivity contribution is -0.384. The topological polar surface area (TPSA) is 83.7 Å². The van der Waals surface area contributed by atoms with Crippen LogP contribution in [-0.4, -0.2) is 22.5 Å². The summed E-state index contributed by atoms with van der Waals surface area (Å²) in [5.74, 6) is -1.17. The van der Waals surface area contributed by atoms with E-state index in [9.17, 15) is 14.9 Å². The lowest BCUT2D eigenvalue weighted by atomic mass is 10.0. The zero-order valence-electron chi connectivity index (χ0n) is 11.7. The fourth-order valence-electron chi connectivity index (χ4n) is 2.81. The average molecular weight is 298 g/mol. The van der Waals surface area contributed by atoms with E-state index < -0.39 is 10.9 Å². The molecule has 0 aromatic heterocycles. The van der Waals surface area contributed by atoms with Gasteiger partial charge in [-0.15, -0.1) is 0 Å². The SMILES string of the molecule is O=C(O)c1ccc(N2CCCc3ccccc32)c([N+](=O)[O-])c1. The van der Waals surface area contributed by atoms with Gasteiger partial charge in [-0.05, 0) is 36.6 Å². The molecular weight excluding hydrogens is 284 g/mol. The van der Waals surface area contributed by atoms with E-state index in [0.29, 0.717) is 12.2 Å². The van der Waals surface area contributed by atoms with Crippen molar-refractivity contribution in [1.29, 1.82) is 0 Å². The molecule has 0 saturated heterocycles. The fourth-order valence-corrected chi connectivity index (χ4v) is 2.81. The lowest BCUT2D eigenvalue weighted by Crippen LogP contribution is -2.25. The highest BCUT2D eigenvalue weighted by Gasteiger charge is 2.25. The molecule has 1 heterocycles. The minimum Gasteiger partial charge on any atom is -0.478 e. The minimum atomic E-state index is -1.17. The van der Waals surface area contributed by atoms with Crippen molar-refractivity contribution < 1.29 is 14.8 Å². The molecule has 1 aliphatic rings. The molecule has 0 spiro atoms. The van der Waals surface area contributed by atoms with Gasteiger partial charge in [0.25, 0.3) is 5.69 Å². The molecule has 1 N–H and O–H groups in total. The lowest BCUT2D eigenvalue weighted by Gasteiger charge is -2.31. The van der Waals surface area contributed by atoms with Crippen molar-refractivity contribution >= 4 is 23.0 Å². The van der Waals surface area contributed by atoms with E-state index in [1.54, 1.807) is 0 Å². The Bertz CT molecular complexity index is 758. The first kappa shape index (κ1) is 14.1. The van der Waals surface area contributed by atoms with Crippen molar-refractivity contribution in [3.05, 3.63) is 63.7 Å². The predicted molar refractivity (Wildman–Crippen MR) is 81.8 cm³/mol. The smallest absolute Gasteiger partial charge is 0.335 e. The number of aryl methyl sites for hydroxylation is 1. The molecule has 1 aliphatic heterocycles. The van der Waals surface area contributed by atoms with E-state index in [4.69, 9.17) is 5.11 Å². The Morgan fingerprint density at radius 1 is 1.18 bits per heavy atom. The van der Waals surface area contributed by atoms with Crippen LogP contribution in [0.5, 0.6) is 0 Å². The number of hydrogen-bond donors (Lipinski definition) is 1. The standard InChI is InChI=1S/C16H14N2O4/c19-16(20)12-7-8-14(15(10-12)18(21)22)17-9-3-5-11-4-1-2-6-13(11)17/h1-2,4,6-8,10H,3,5,9H2,(H,19,20). The van der Waals surface area contributed by atoms with Crippen LogP contribution in [0.2, 0.25) is 0 Å². The number of carboxylic acids is 1. The summed E-state index contributed by atoms with van der Waals surface area (Å²) in [6, 6.07) is 11.8. The first-order valence-electron chi connectivity index (χ1n) is 6.95. The van der Waals surface area contributed by atoms with Crippen molar-refractivity contribution in [3.8, 4) is 0 Å². The van der Waals surface area contributed by atoms with Crippen molar-refractivity contribution in [2.45, 2.75) is 12.8 Å². The Balaban J connectivity index is 2.13. The van der Waals surface area contributed by atoms with Gasteiger partial charge >= 0.3 is 5.97 Å². The van der Waals surface area contributed by atoms with Gasteiger partial charge in [-0.25, -0.2) is 4.79 Å². The van der Waals surface area contributed by atoms with Gasteiger partial charge in [0.2, 0.25) is 0 Å². The van der Waals surface area contributed by atoms with E-state index >= 15 is 0 Å². The van der Waals surface area contributed by atoms with Crippen LogP contribution in [0.25, 0.3) is 0 Å². The van der Waals surface area contributed by atoms with Crippen LogP contribution in [0.1, 0.15) is 22.3 Å². The molecule has 112 valence electrons. The minimum absolute atomic E-state index is 0.0826. The number of anilines is 2. The molecule has 2 aromatic rings. The zero-order valence-corrected chi connectivity index (χ0v) is 11.7. The predicted octanol–water partition coefficient (Wildman–Crippen LogP) is 3.38. The van der Waals surface area contributed by atoms with E-state index in [0.717, 1.165) is 30.2 Å². The van der Waals surface area contributed by atoms with Crippen LogP contribution >= 0.6 is 0 Å². The third kappa shape index (κ3) is 2.39. The molecule has 0 unspecified atom stereocenters. The first-order chi connectivity index (χ1) is 10.6. The quantitative estimate of drug-likeness (QED) is 0.693. The normalized spacial score (nSPS) is 13.5. The van der Waals surface area contributed by atoms with Crippen LogP contribution in [0, 0.1) is 10.1 Å². The number of nitro groups is 1. The summed E-state index contributed by atoms with van der Waals surface area (Å²) in [5.41, 5.74) is 2.25. The third-order valence-electron chi connectivity index (χ3n) is 3.82. The fraction of sp³-hybridized carbons (Fsp3) is 0.188. The second-order valence-corrected chi connectivity index (χ2v) is 5.15. The van der Waals surface area contributed by atoms with Gasteiger partial charge in [0.1, 0.15) is 5.69 Å². The molecule has 22 heavy (non-hydrogen) atoms. The molecule has 6 heteroatoms. The zero-order chi connectivity index (χ0) is 15.7. The Morgan fingerprint density at radius 2 is 1.95 bits per heavy atom. The molecule has 0 aliphatic carbocycles. The van der Waals surface area contributed by atoms with Gasteiger partial charge in [0, 0.05) is 18.3 Å². The largest absolute Gasteiger partial charge is 0.478 e. The third-order valence-corrected chi connectivity index (χ3v) is 3.82. The number of aromatic carboxylic acids is 1. The molecule has 3 rings (SSSR count). The van der Waals surface area contributed by atoms with Crippen molar-refractivity contribution in [3.63, 3.8) is 0 Å². The van der Waals surface area contributed by atoms with Crippen LogP contribution in [-0.2, 0) is 6.42 Å². The number of hydrogen-bond acceptors (Lipinski definition) is 4. The molecular formula is C16H14N2O4. The number of carbonyl (C=O) groups is 1. The molecule has 0 radical (unpaired) electrons. The summed E-state index contributed by atoms with van der Waals surface area (Å²) in [5, 5.41) is 20.4. The molecule has 2 aromatic carbocycles. The van der Waals surface area contributed by atoms with Gasteiger partial charge in [-0.2, -0.15) is 0 Å². The van der Waals surface area contributed by atoms with E-state index in [2.05, 4.69) is 0 Å². The molecule has 0 saturated carbocycles. The maximum Gasteiger partial charge on any atom is 0.335 e. The van der Waals surface area contributed by atoms with E-state index in [1.165, 1.54) is 12.1 Å². The van der Waals surface area contributed by atoms with Gasteiger partial charge in [0.05, 0.1) is 10.5 Å². The number of benzene rings is 2. The molecule has 0 atom stereocenters. The van der Waals surface area contributed by atoms with Gasteiger partial charge in [-0.3, -0.25) is 10.1 Å². The summed E-state index contributed by atoms with van der Waals surface area (Å²) < 4.78 is 0. The number of nitro benzene ring substituents is 1.